The average molecular weight is 413 g/mol. The van der Waals surface area contributed by atoms with Gasteiger partial charge in [-0.2, -0.15) is 15.0 Å². The van der Waals surface area contributed by atoms with Crippen molar-refractivity contribution in [3.05, 3.63) is 76.7 Å². The molecule has 0 radical (unpaired) electrons. The normalized spacial score (nSPS) is 11.3. The summed E-state index contributed by atoms with van der Waals surface area (Å²) in [6, 6.07) is 18.6. The standard InChI is InChI=1S/C22H15N5O2S/c28-17-9-3-1-7-15(17)20-24-19(12-11-14-6-5-13-30-14)25-21(26-20)27-22-23-16-8-2-4-10-18(16)29-22/h1-13,28H,(H,23,24,25,26,27)/b12-11+. The Labute approximate surface area is 175 Å². The summed E-state index contributed by atoms with van der Waals surface area (Å²) in [6.45, 7) is 0. The number of nitrogens with one attached hydrogen (secondary N) is 1. The Kier molecular flexibility index (Phi) is 4.66. The minimum absolute atomic E-state index is 0.0877. The molecular weight excluding hydrogens is 398 g/mol. The molecule has 0 amide bonds. The summed E-state index contributed by atoms with van der Waals surface area (Å²) in [4.78, 5) is 18.9. The molecule has 0 aliphatic carbocycles. The van der Waals surface area contributed by atoms with Crippen molar-refractivity contribution >= 4 is 46.6 Å². The number of phenols is 1. The zero-order chi connectivity index (χ0) is 20.3. The van der Waals surface area contributed by atoms with Gasteiger partial charge in [0.2, 0.25) is 5.95 Å². The monoisotopic (exact) mass is 413 g/mol. The van der Waals surface area contributed by atoms with Crippen molar-refractivity contribution < 1.29 is 9.52 Å². The Morgan fingerprint density at radius 1 is 0.867 bits per heavy atom. The number of fused-ring (bicyclic) bond motifs is 1. The first-order chi connectivity index (χ1) is 14.7. The van der Waals surface area contributed by atoms with E-state index in [0.29, 0.717) is 22.8 Å². The van der Waals surface area contributed by atoms with E-state index in [-0.39, 0.29) is 17.7 Å². The zero-order valence-electron chi connectivity index (χ0n) is 15.6. The van der Waals surface area contributed by atoms with Crippen LogP contribution in [0.2, 0.25) is 0 Å². The van der Waals surface area contributed by atoms with Crippen molar-refractivity contribution in [3.63, 3.8) is 0 Å². The number of aromatic hydroxyl groups is 1. The first kappa shape index (κ1) is 18.0. The van der Waals surface area contributed by atoms with Crippen molar-refractivity contribution in [2.24, 2.45) is 0 Å². The zero-order valence-corrected chi connectivity index (χ0v) is 16.4. The van der Waals surface area contributed by atoms with Crippen molar-refractivity contribution in [3.8, 4) is 17.1 Å². The van der Waals surface area contributed by atoms with Gasteiger partial charge in [0.25, 0.3) is 0 Å². The summed E-state index contributed by atoms with van der Waals surface area (Å²) in [7, 11) is 0. The molecule has 3 heterocycles. The van der Waals surface area contributed by atoms with Gasteiger partial charge in [-0.3, -0.25) is 5.32 Å². The fraction of sp³-hybridized carbons (Fsp3) is 0. The molecule has 0 unspecified atom stereocenters. The molecule has 0 spiro atoms. The van der Waals surface area contributed by atoms with Crippen LogP contribution in [0.15, 0.2) is 70.5 Å². The van der Waals surface area contributed by atoms with Crippen LogP contribution in [0, 0.1) is 0 Å². The minimum atomic E-state index is 0.0877. The third kappa shape index (κ3) is 3.76. The maximum absolute atomic E-state index is 10.2. The SMILES string of the molecule is Oc1ccccc1-c1nc(/C=C/c2cccs2)nc(Nc2nc3ccccc3o2)n1. The van der Waals surface area contributed by atoms with Crippen LogP contribution < -0.4 is 5.32 Å². The first-order valence-electron chi connectivity index (χ1n) is 9.13. The van der Waals surface area contributed by atoms with Gasteiger partial charge in [0, 0.05) is 4.88 Å². The Hall–Kier alpha value is -4.04. The van der Waals surface area contributed by atoms with Crippen molar-refractivity contribution in [1.82, 2.24) is 19.9 Å². The Balaban J connectivity index is 1.55. The highest BCUT2D eigenvalue weighted by Crippen LogP contribution is 2.27. The van der Waals surface area contributed by atoms with Crippen LogP contribution in [-0.2, 0) is 0 Å². The largest absolute Gasteiger partial charge is 0.507 e. The molecule has 0 bridgehead atoms. The van der Waals surface area contributed by atoms with Gasteiger partial charge in [0.1, 0.15) is 11.3 Å². The lowest BCUT2D eigenvalue weighted by molar-refractivity contribution is 0.477. The highest BCUT2D eigenvalue weighted by molar-refractivity contribution is 7.10. The number of aromatic nitrogens is 4. The summed E-state index contributed by atoms with van der Waals surface area (Å²) in [5.41, 5.74) is 1.90. The smallest absolute Gasteiger partial charge is 0.302 e. The third-order valence-corrected chi connectivity index (χ3v) is 5.09. The van der Waals surface area contributed by atoms with E-state index in [4.69, 9.17) is 4.42 Å². The fourth-order valence-corrected chi connectivity index (χ4v) is 3.49. The van der Waals surface area contributed by atoms with E-state index in [1.807, 2.05) is 53.9 Å². The number of thiophene rings is 1. The van der Waals surface area contributed by atoms with E-state index < -0.39 is 0 Å². The molecule has 5 aromatic rings. The van der Waals surface area contributed by atoms with Crippen LogP contribution >= 0.6 is 11.3 Å². The molecule has 5 rings (SSSR count). The molecule has 0 fully saturated rings. The number of hydrogen-bond donors (Lipinski definition) is 2. The maximum atomic E-state index is 10.2. The van der Waals surface area contributed by atoms with Crippen LogP contribution in [0.1, 0.15) is 10.7 Å². The molecular formula is C22H15N5O2S. The predicted octanol–water partition coefficient (Wildman–Crippen LogP) is 5.36. The summed E-state index contributed by atoms with van der Waals surface area (Å²) in [5, 5.41) is 15.2. The van der Waals surface area contributed by atoms with E-state index >= 15 is 0 Å². The molecule has 146 valence electrons. The van der Waals surface area contributed by atoms with Gasteiger partial charge < -0.3 is 9.52 Å². The number of hydrogen-bond acceptors (Lipinski definition) is 8. The second-order valence-corrected chi connectivity index (χ2v) is 7.30. The van der Waals surface area contributed by atoms with E-state index in [2.05, 4.69) is 25.3 Å². The minimum Gasteiger partial charge on any atom is -0.507 e. The van der Waals surface area contributed by atoms with Crippen LogP contribution in [0.4, 0.5) is 12.0 Å². The second kappa shape index (κ2) is 7.76. The number of para-hydroxylation sites is 3. The highest BCUT2D eigenvalue weighted by atomic mass is 32.1. The molecule has 7 nitrogen and oxygen atoms in total. The molecule has 0 saturated heterocycles. The van der Waals surface area contributed by atoms with Gasteiger partial charge in [0.05, 0.1) is 5.56 Å². The van der Waals surface area contributed by atoms with Gasteiger partial charge in [-0.05, 0) is 47.9 Å². The van der Waals surface area contributed by atoms with Crippen molar-refractivity contribution in [1.29, 1.82) is 0 Å². The van der Waals surface area contributed by atoms with Crippen LogP contribution in [0.3, 0.4) is 0 Å². The molecule has 0 saturated carbocycles. The molecule has 8 heteroatoms. The van der Waals surface area contributed by atoms with Crippen molar-refractivity contribution in [2.45, 2.75) is 0 Å². The van der Waals surface area contributed by atoms with Crippen LogP contribution in [0.5, 0.6) is 5.75 Å². The average Bonchev–Trinajstić information content (AvgIpc) is 3.41. The van der Waals surface area contributed by atoms with E-state index in [1.165, 1.54) is 0 Å². The molecule has 2 aromatic carbocycles. The van der Waals surface area contributed by atoms with Crippen LogP contribution in [0.25, 0.3) is 34.6 Å². The molecule has 0 aliphatic rings. The van der Waals surface area contributed by atoms with Gasteiger partial charge in [-0.1, -0.05) is 30.3 Å². The lowest BCUT2D eigenvalue weighted by atomic mass is 10.2. The third-order valence-electron chi connectivity index (χ3n) is 4.25. The highest BCUT2D eigenvalue weighted by Gasteiger charge is 2.13. The molecule has 2 N–H and O–H groups in total. The molecule has 0 atom stereocenters. The summed E-state index contributed by atoms with van der Waals surface area (Å²) < 4.78 is 5.71. The van der Waals surface area contributed by atoms with E-state index in [0.717, 1.165) is 10.4 Å². The van der Waals surface area contributed by atoms with Crippen LogP contribution in [-0.4, -0.2) is 25.0 Å². The van der Waals surface area contributed by atoms with Gasteiger partial charge in [-0.25, -0.2) is 4.98 Å². The maximum Gasteiger partial charge on any atom is 0.302 e. The number of anilines is 2. The molecule has 30 heavy (non-hydrogen) atoms. The Bertz CT molecular complexity index is 1310. The van der Waals surface area contributed by atoms with Gasteiger partial charge in [0.15, 0.2) is 17.2 Å². The summed E-state index contributed by atoms with van der Waals surface area (Å²) in [5.74, 6) is 1.13. The van der Waals surface area contributed by atoms with Gasteiger partial charge >= 0.3 is 6.01 Å². The number of phenolic OH excluding ortho intramolecular Hbond substituents is 1. The number of rotatable bonds is 5. The van der Waals surface area contributed by atoms with E-state index in [9.17, 15) is 5.11 Å². The lowest BCUT2D eigenvalue weighted by Gasteiger charge is -2.07. The fourth-order valence-electron chi connectivity index (χ4n) is 2.87. The van der Waals surface area contributed by atoms with Gasteiger partial charge in [-0.15, -0.1) is 11.3 Å². The number of oxazole rings is 1. The Morgan fingerprint density at radius 3 is 2.57 bits per heavy atom. The Morgan fingerprint density at radius 2 is 1.73 bits per heavy atom. The van der Waals surface area contributed by atoms with E-state index in [1.54, 1.807) is 35.6 Å². The van der Waals surface area contributed by atoms with Crippen molar-refractivity contribution in [2.75, 3.05) is 5.32 Å². The predicted molar refractivity (Wildman–Crippen MR) is 117 cm³/mol. The number of benzene rings is 2. The second-order valence-electron chi connectivity index (χ2n) is 6.32. The molecule has 3 aromatic heterocycles. The lowest BCUT2D eigenvalue weighted by Crippen LogP contribution is -2.03. The number of nitrogens with zero attached hydrogens (tertiary/aromatic N) is 4. The first-order valence-corrected chi connectivity index (χ1v) is 10.0. The topological polar surface area (TPSA) is 97.0 Å². The summed E-state index contributed by atoms with van der Waals surface area (Å²) >= 11 is 1.62. The molecule has 0 aliphatic heterocycles. The quantitative estimate of drug-likeness (QED) is 0.400. The summed E-state index contributed by atoms with van der Waals surface area (Å²) in [6.07, 6.45) is 3.73.